The van der Waals surface area contributed by atoms with E-state index in [4.69, 9.17) is 4.99 Å². The molecular weight excluding hydrogens is 346 g/mol. The Bertz CT molecular complexity index is 750. The lowest BCUT2D eigenvalue weighted by Gasteiger charge is -2.39. The largest absolute Gasteiger partial charge is 0.357 e. The van der Waals surface area contributed by atoms with Crippen LogP contribution in [0.15, 0.2) is 29.3 Å². The van der Waals surface area contributed by atoms with Crippen LogP contribution in [0.25, 0.3) is 0 Å². The second-order valence-corrected chi connectivity index (χ2v) is 11.2. The summed E-state index contributed by atoms with van der Waals surface area (Å²) in [5.41, 5.74) is 2.41. The van der Waals surface area contributed by atoms with Gasteiger partial charge in [0.15, 0.2) is 15.8 Å². The lowest BCUT2D eigenvalue weighted by molar-refractivity contribution is 0.352. The fourth-order valence-corrected chi connectivity index (χ4v) is 4.48. The number of guanidine groups is 1. The number of hydrogen-bond donors (Lipinski definition) is 1. The highest BCUT2D eigenvalue weighted by atomic mass is 32.2. The minimum absolute atomic E-state index is 0.0915. The minimum atomic E-state index is -3.06. The molecule has 0 unspecified atom stereocenters. The van der Waals surface area contributed by atoms with Gasteiger partial charge in [0.1, 0.15) is 0 Å². The maximum Gasteiger partial charge on any atom is 0.194 e. The number of aliphatic imine (C=N–C) groups is 1. The lowest BCUT2D eigenvalue weighted by atomic mass is 9.84. The third kappa shape index (κ3) is 4.58. The second-order valence-electron chi connectivity index (χ2n) is 8.42. The third-order valence-corrected chi connectivity index (χ3v) is 7.67. The molecule has 0 atom stereocenters. The zero-order valence-electron chi connectivity index (χ0n) is 17.0. The van der Waals surface area contributed by atoms with E-state index in [-0.39, 0.29) is 11.2 Å². The number of sulfone groups is 1. The van der Waals surface area contributed by atoms with Crippen LogP contribution in [-0.4, -0.2) is 56.0 Å². The quantitative estimate of drug-likeness (QED) is 0.645. The predicted molar refractivity (Wildman–Crippen MR) is 110 cm³/mol. The highest BCUT2D eigenvalue weighted by molar-refractivity contribution is 7.92. The van der Waals surface area contributed by atoms with E-state index in [1.54, 1.807) is 13.8 Å². The van der Waals surface area contributed by atoms with Gasteiger partial charge in [-0.3, -0.25) is 4.99 Å². The summed E-state index contributed by atoms with van der Waals surface area (Å²) in [6.07, 6.45) is 0. The van der Waals surface area contributed by atoms with E-state index in [9.17, 15) is 8.42 Å². The number of hydrogen-bond acceptors (Lipinski definition) is 3. The first kappa shape index (κ1) is 20.7. The van der Waals surface area contributed by atoms with Crippen molar-refractivity contribution in [2.24, 2.45) is 4.99 Å². The number of nitrogens with zero attached hydrogens (tertiary/aromatic N) is 2. The molecular formula is C20H33N3O2S. The van der Waals surface area contributed by atoms with Crippen LogP contribution in [0, 0.1) is 6.92 Å². The van der Waals surface area contributed by atoms with E-state index < -0.39 is 14.6 Å². The molecule has 0 aliphatic carbocycles. The van der Waals surface area contributed by atoms with E-state index in [1.165, 1.54) is 11.1 Å². The summed E-state index contributed by atoms with van der Waals surface area (Å²) in [6.45, 7) is 14.5. The molecule has 1 aliphatic rings. The molecule has 1 N–H and O–H groups in total. The van der Waals surface area contributed by atoms with Gasteiger partial charge in [-0.1, -0.05) is 43.7 Å². The number of benzene rings is 1. The molecule has 26 heavy (non-hydrogen) atoms. The standard InChI is InChI=1S/C20H33N3O2S/c1-7-21-18(23-12-13-26(24,25)20(5,6)15-23)22-14-19(3,4)17-10-8-16(2)9-11-17/h8-11H,7,12-15H2,1-6H3,(H,21,22). The van der Waals surface area contributed by atoms with Gasteiger partial charge < -0.3 is 10.2 Å². The van der Waals surface area contributed by atoms with Crippen LogP contribution in [0.2, 0.25) is 0 Å². The summed E-state index contributed by atoms with van der Waals surface area (Å²) in [5.74, 6) is 0.974. The lowest BCUT2D eigenvalue weighted by Crippen LogP contribution is -2.57. The molecule has 0 bridgehead atoms. The van der Waals surface area contributed by atoms with Gasteiger partial charge in [0.05, 0.1) is 17.0 Å². The molecule has 1 fully saturated rings. The number of nitrogens with one attached hydrogen (secondary N) is 1. The summed E-state index contributed by atoms with van der Waals surface area (Å²) < 4.78 is 23.8. The summed E-state index contributed by atoms with van der Waals surface area (Å²) in [5, 5.41) is 3.33. The van der Waals surface area contributed by atoms with Gasteiger partial charge in [-0.25, -0.2) is 8.42 Å². The molecule has 1 aliphatic heterocycles. The second kappa shape index (κ2) is 7.59. The summed E-state index contributed by atoms with van der Waals surface area (Å²) in [7, 11) is -3.06. The first-order valence-corrected chi connectivity index (χ1v) is 11.0. The first-order chi connectivity index (χ1) is 12.0. The molecule has 0 amide bonds. The monoisotopic (exact) mass is 379 g/mol. The minimum Gasteiger partial charge on any atom is -0.357 e. The van der Waals surface area contributed by atoms with E-state index in [1.807, 2.05) is 6.92 Å². The van der Waals surface area contributed by atoms with Crippen LogP contribution in [-0.2, 0) is 15.3 Å². The van der Waals surface area contributed by atoms with Gasteiger partial charge in [-0.2, -0.15) is 0 Å². The summed E-state index contributed by atoms with van der Waals surface area (Å²) in [4.78, 5) is 6.94. The Kier molecular flexibility index (Phi) is 6.06. The van der Waals surface area contributed by atoms with Gasteiger partial charge in [0.2, 0.25) is 0 Å². The maximum absolute atomic E-state index is 12.3. The Labute approximate surface area is 158 Å². The van der Waals surface area contributed by atoms with Gasteiger partial charge in [-0.15, -0.1) is 0 Å². The van der Waals surface area contributed by atoms with Crippen molar-refractivity contribution in [1.29, 1.82) is 0 Å². The zero-order valence-corrected chi connectivity index (χ0v) is 17.8. The van der Waals surface area contributed by atoms with E-state index in [2.05, 4.69) is 55.3 Å². The molecule has 0 aromatic heterocycles. The normalized spacial score (nSPS) is 20.1. The molecule has 1 aromatic carbocycles. The van der Waals surface area contributed by atoms with Crippen molar-refractivity contribution in [3.63, 3.8) is 0 Å². The van der Waals surface area contributed by atoms with E-state index in [0.29, 0.717) is 19.6 Å². The molecule has 1 saturated heterocycles. The van der Waals surface area contributed by atoms with Gasteiger partial charge in [0, 0.05) is 25.0 Å². The average Bonchev–Trinajstić information content (AvgIpc) is 2.54. The van der Waals surface area contributed by atoms with Crippen LogP contribution >= 0.6 is 0 Å². The van der Waals surface area contributed by atoms with Crippen molar-refractivity contribution in [3.05, 3.63) is 35.4 Å². The Morgan fingerprint density at radius 3 is 2.42 bits per heavy atom. The maximum atomic E-state index is 12.3. The molecule has 1 aromatic rings. The van der Waals surface area contributed by atoms with Crippen molar-refractivity contribution >= 4 is 15.8 Å². The third-order valence-electron chi connectivity index (χ3n) is 5.14. The fraction of sp³-hybridized carbons (Fsp3) is 0.650. The summed E-state index contributed by atoms with van der Waals surface area (Å²) >= 11 is 0. The molecule has 146 valence electrons. The van der Waals surface area contributed by atoms with Crippen molar-refractivity contribution < 1.29 is 8.42 Å². The Hall–Kier alpha value is -1.56. The van der Waals surface area contributed by atoms with E-state index in [0.717, 1.165) is 12.5 Å². The molecule has 6 heteroatoms. The van der Waals surface area contributed by atoms with Crippen molar-refractivity contribution in [1.82, 2.24) is 10.2 Å². The SMILES string of the molecule is CCNC(=NCC(C)(C)c1ccc(C)cc1)N1CCS(=O)(=O)C(C)(C)C1. The summed E-state index contributed by atoms with van der Waals surface area (Å²) in [6, 6.07) is 8.58. The molecule has 5 nitrogen and oxygen atoms in total. The molecule has 0 saturated carbocycles. The van der Waals surface area contributed by atoms with Gasteiger partial charge in [0.25, 0.3) is 0 Å². The Morgan fingerprint density at radius 2 is 1.88 bits per heavy atom. The molecule has 2 rings (SSSR count). The smallest absolute Gasteiger partial charge is 0.194 e. The molecule has 0 radical (unpaired) electrons. The van der Waals surface area contributed by atoms with Gasteiger partial charge >= 0.3 is 0 Å². The highest BCUT2D eigenvalue weighted by Gasteiger charge is 2.41. The highest BCUT2D eigenvalue weighted by Crippen LogP contribution is 2.26. The molecule has 0 spiro atoms. The topological polar surface area (TPSA) is 61.8 Å². The van der Waals surface area contributed by atoms with Crippen LogP contribution in [0.4, 0.5) is 0 Å². The van der Waals surface area contributed by atoms with Crippen LogP contribution < -0.4 is 5.32 Å². The Balaban J connectivity index is 2.20. The van der Waals surface area contributed by atoms with Crippen molar-refractivity contribution in [2.45, 2.75) is 51.7 Å². The molecule has 1 heterocycles. The van der Waals surface area contributed by atoms with Crippen molar-refractivity contribution in [3.8, 4) is 0 Å². The zero-order chi connectivity index (χ0) is 19.6. The average molecular weight is 380 g/mol. The predicted octanol–water partition coefficient (Wildman–Crippen LogP) is 2.75. The number of rotatable bonds is 4. The van der Waals surface area contributed by atoms with Crippen LogP contribution in [0.5, 0.6) is 0 Å². The van der Waals surface area contributed by atoms with E-state index >= 15 is 0 Å². The number of aryl methyl sites for hydroxylation is 1. The Morgan fingerprint density at radius 1 is 1.27 bits per heavy atom. The van der Waals surface area contributed by atoms with Crippen LogP contribution in [0.3, 0.4) is 0 Å². The van der Waals surface area contributed by atoms with Crippen LogP contribution in [0.1, 0.15) is 45.7 Å². The van der Waals surface area contributed by atoms with Gasteiger partial charge in [-0.05, 0) is 33.3 Å². The fourth-order valence-electron chi connectivity index (χ4n) is 3.12. The first-order valence-electron chi connectivity index (χ1n) is 9.31. The van der Waals surface area contributed by atoms with Crippen molar-refractivity contribution in [2.75, 3.05) is 31.9 Å².